The summed E-state index contributed by atoms with van der Waals surface area (Å²) < 4.78 is 7.97. The zero-order chi connectivity index (χ0) is 20.7. The summed E-state index contributed by atoms with van der Waals surface area (Å²) in [6, 6.07) is 25.3. The van der Waals surface area contributed by atoms with E-state index in [-0.39, 0.29) is 5.56 Å². The molecule has 0 aliphatic heterocycles. The molecule has 148 valence electrons. The van der Waals surface area contributed by atoms with Crippen molar-refractivity contribution in [3.05, 3.63) is 99.8 Å². The maximum atomic E-state index is 13.4. The van der Waals surface area contributed by atoms with Crippen LogP contribution in [0.15, 0.2) is 88.1 Å². The molecule has 0 radical (unpaired) electrons. The van der Waals surface area contributed by atoms with Crippen LogP contribution < -0.4 is 10.9 Å². The molecule has 30 heavy (non-hydrogen) atoms. The van der Waals surface area contributed by atoms with E-state index < -0.39 is 0 Å². The number of nitrogens with one attached hydrogen (secondary N) is 1. The lowest BCUT2D eigenvalue weighted by Crippen LogP contribution is -2.17. The molecule has 0 bridgehead atoms. The van der Waals surface area contributed by atoms with E-state index in [2.05, 4.69) is 5.32 Å². The molecule has 0 saturated carbocycles. The Balaban J connectivity index is 1.79. The van der Waals surface area contributed by atoms with Crippen LogP contribution >= 0.6 is 11.6 Å². The first-order valence-corrected chi connectivity index (χ1v) is 10.1. The second kappa shape index (κ2) is 7.39. The van der Waals surface area contributed by atoms with Crippen LogP contribution in [0, 0.1) is 0 Å². The Hall–Kier alpha value is -3.50. The molecule has 0 aliphatic rings. The van der Waals surface area contributed by atoms with Gasteiger partial charge in [0, 0.05) is 24.0 Å². The van der Waals surface area contributed by atoms with Gasteiger partial charge in [0.15, 0.2) is 5.58 Å². The van der Waals surface area contributed by atoms with Crippen LogP contribution in [0.1, 0.15) is 5.56 Å². The van der Waals surface area contributed by atoms with Crippen molar-refractivity contribution < 1.29 is 4.42 Å². The second-order valence-electron chi connectivity index (χ2n) is 7.24. The summed E-state index contributed by atoms with van der Waals surface area (Å²) in [7, 11) is 1.79. The van der Waals surface area contributed by atoms with Crippen LogP contribution in [0.25, 0.3) is 33.0 Å². The third kappa shape index (κ3) is 3.06. The van der Waals surface area contributed by atoms with E-state index >= 15 is 0 Å². The minimum atomic E-state index is -0.102. The standard InChI is InChI=1S/C25H19ClN2O2/c1-28-20-13-6-5-12-19(20)23-22(25(28)29)21(17-10-7-11-18(26)14-17)24(30-23)27-15-16-8-3-2-4-9-16/h2-14,27H,15H2,1H3. The minimum absolute atomic E-state index is 0.102. The van der Waals surface area contributed by atoms with Crippen LogP contribution in [0.5, 0.6) is 0 Å². The van der Waals surface area contributed by atoms with Crippen LogP contribution in [0.3, 0.4) is 0 Å². The monoisotopic (exact) mass is 414 g/mol. The normalized spacial score (nSPS) is 11.3. The molecular weight excluding hydrogens is 396 g/mol. The van der Waals surface area contributed by atoms with Crippen molar-refractivity contribution >= 4 is 39.4 Å². The maximum absolute atomic E-state index is 13.4. The summed E-state index contributed by atoms with van der Waals surface area (Å²) in [6.45, 7) is 0.576. The summed E-state index contributed by atoms with van der Waals surface area (Å²) in [5.74, 6) is 0.560. The molecule has 2 aromatic heterocycles. The number of hydrogen-bond acceptors (Lipinski definition) is 3. The van der Waals surface area contributed by atoms with Crippen molar-refractivity contribution in [3.8, 4) is 11.1 Å². The van der Waals surface area contributed by atoms with Gasteiger partial charge >= 0.3 is 0 Å². The summed E-state index contributed by atoms with van der Waals surface area (Å²) >= 11 is 6.27. The van der Waals surface area contributed by atoms with E-state index in [0.29, 0.717) is 28.4 Å². The molecule has 2 heterocycles. The number of fused-ring (bicyclic) bond motifs is 3. The number of hydrogen-bond donors (Lipinski definition) is 1. The molecule has 5 rings (SSSR count). The van der Waals surface area contributed by atoms with Gasteiger partial charge in [-0.3, -0.25) is 4.79 Å². The highest BCUT2D eigenvalue weighted by Crippen LogP contribution is 2.40. The number of pyridine rings is 1. The predicted octanol–water partition coefficient (Wildman–Crippen LogP) is 6.22. The first kappa shape index (κ1) is 18.5. The van der Waals surface area contributed by atoms with Gasteiger partial charge in [-0.15, -0.1) is 0 Å². The van der Waals surface area contributed by atoms with Crippen LogP contribution in [-0.2, 0) is 13.6 Å². The first-order chi connectivity index (χ1) is 14.6. The fraction of sp³-hybridized carbons (Fsp3) is 0.0800. The Morgan fingerprint density at radius 1 is 0.967 bits per heavy atom. The lowest BCUT2D eigenvalue weighted by atomic mass is 10.0. The summed E-state index contributed by atoms with van der Waals surface area (Å²) in [5, 5.41) is 5.44. The zero-order valence-corrected chi connectivity index (χ0v) is 17.1. The number of furan rings is 1. The predicted molar refractivity (Wildman–Crippen MR) is 123 cm³/mol. The molecule has 0 amide bonds. The van der Waals surface area contributed by atoms with Crippen LogP contribution in [-0.4, -0.2) is 4.57 Å². The third-order valence-corrected chi connectivity index (χ3v) is 5.58. The van der Waals surface area contributed by atoms with E-state index in [9.17, 15) is 4.79 Å². The van der Waals surface area contributed by atoms with Gasteiger partial charge in [0.2, 0.25) is 5.88 Å². The highest BCUT2D eigenvalue weighted by atomic mass is 35.5. The van der Waals surface area contributed by atoms with Gasteiger partial charge in [0.1, 0.15) is 0 Å². The topological polar surface area (TPSA) is 47.2 Å². The highest BCUT2D eigenvalue weighted by Gasteiger charge is 2.22. The minimum Gasteiger partial charge on any atom is -0.439 e. The molecule has 0 aliphatic carbocycles. The number of anilines is 1. The van der Waals surface area contributed by atoms with Crippen molar-refractivity contribution in [2.45, 2.75) is 6.54 Å². The van der Waals surface area contributed by atoms with Gasteiger partial charge < -0.3 is 14.3 Å². The average molecular weight is 415 g/mol. The van der Waals surface area contributed by atoms with Gasteiger partial charge in [-0.05, 0) is 35.4 Å². The first-order valence-electron chi connectivity index (χ1n) is 9.71. The number of aryl methyl sites for hydroxylation is 1. The Morgan fingerprint density at radius 2 is 1.73 bits per heavy atom. The van der Waals surface area contributed by atoms with Gasteiger partial charge in [0.05, 0.1) is 16.5 Å². The van der Waals surface area contributed by atoms with E-state index in [1.165, 1.54) is 0 Å². The number of nitrogens with zero attached hydrogens (tertiary/aromatic N) is 1. The average Bonchev–Trinajstić information content (AvgIpc) is 3.17. The summed E-state index contributed by atoms with van der Waals surface area (Å²) in [4.78, 5) is 13.4. The lowest BCUT2D eigenvalue weighted by Gasteiger charge is -2.08. The Morgan fingerprint density at radius 3 is 2.53 bits per heavy atom. The van der Waals surface area contributed by atoms with Gasteiger partial charge in [-0.2, -0.15) is 0 Å². The van der Waals surface area contributed by atoms with E-state index in [1.807, 2.05) is 78.9 Å². The van der Waals surface area contributed by atoms with Gasteiger partial charge in [-0.1, -0.05) is 66.2 Å². The fourth-order valence-corrected chi connectivity index (χ4v) is 4.07. The summed E-state index contributed by atoms with van der Waals surface area (Å²) in [6.07, 6.45) is 0. The molecule has 1 N–H and O–H groups in total. The molecule has 5 aromatic rings. The van der Waals surface area contributed by atoms with Crippen molar-refractivity contribution in [2.75, 3.05) is 5.32 Å². The van der Waals surface area contributed by atoms with Crippen LogP contribution in [0.2, 0.25) is 5.02 Å². The Labute approximate surface area is 178 Å². The van der Waals surface area contributed by atoms with E-state index in [0.717, 1.165) is 27.6 Å². The molecule has 5 heteroatoms. The lowest BCUT2D eigenvalue weighted by molar-refractivity contribution is 0.629. The number of para-hydroxylation sites is 1. The molecule has 4 nitrogen and oxygen atoms in total. The number of halogens is 1. The van der Waals surface area contributed by atoms with Crippen molar-refractivity contribution in [2.24, 2.45) is 7.05 Å². The fourth-order valence-electron chi connectivity index (χ4n) is 3.88. The SMILES string of the molecule is Cn1c(=O)c2c(-c3cccc(Cl)c3)c(NCc3ccccc3)oc2c2ccccc21. The molecule has 0 fully saturated rings. The van der Waals surface area contributed by atoms with Gasteiger partial charge in [-0.25, -0.2) is 0 Å². The third-order valence-electron chi connectivity index (χ3n) is 5.35. The number of benzene rings is 3. The second-order valence-corrected chi connectivity index (χ2v) is 7.68. The Kier molecular flexibility index (Phi) is 4.57. The molecule has 3 aromatic carbocycles. The molecular formula is C25H19ClN2O2. The Bertz CT molecular complexity index is 1430. The number of rotatable bonds is 4. The van der Waals surface area contributed by atoms with E-state index in [4.69, 9.17) is 16.0 Å². The highest BCUT2D eigenvalue weighted by molar-refractivity contribution is 6.31. The van der Waals surface area contributed by atoms with Crippen molar-refractivity contribution in [1.82, 2.24) is 4.57 Å². The molecule has 0 unspecified atom stereocenters. The summed E-state index contributed by atoms with van der Waals surface area (Å²) in [5.41, 5.74) is 4.00. The zero-order valence-electron chi connectivity index (χ0n) is 16.4. The quantitative estimate of drug-likeness (QED) is 0.380. The van der Waals surface area contributed by atoms with E-state index in [1.54, 1.807) is 11.6 Å². The number of aromatic nitrogens is 1. The van der Waals surface area contributed by atoms with Crippen molar-refractivity contribution in [3.63, 3.8) is 0 Å². The molecule has 0 saturated heterocycles. The maximum Gasteiger partial charge on any atom is 0.262 e. The van der Waals surface area contributed by atoms with Crippen LogP contribution in [0.4, 0.5) is 5.88 Å². The smallest absolute Gasteiger partial charge is 0.262 e. The molecule has 0 spiro atoms. The molecule has 0 atom stereocenters. The van der Waals surface area contributed by atoms with Gasteiger partial charge in [0.25, 0.3) is 5.56 Å². The van der Waals surface area contributed by atoms with Crippen molar-refractivity contribution in [1.29, 1.82) is 0 Å². The largest absolute Gasteiger partial charge is 0.439 e.